The molecule has 0 radical (unpaired) electrons. The van der Waals surface area contributed by atoms with E-state index in [9.17, 15) is 4.79 Å². The van der Waals surface area contributed by atoms with Gasteiger partial charge in [0, 0.05) is 0 Å². The quantitative estimate of drug-likeness (QED) is 0.866. The molecule has 1 N–H and O–H groups in total. The Morgan fingerprint density at radius 2 is 2.12 bits per heavy atom. The number of rotatable bonds is 4. The molecule has 1 unspecified atom stereocenters. The van der Waals surface area contributed by atoms with Gasteiger partial charge in [-0.1, -0.05) is 19.1 Å². The zero-order valence-electron chi connectivity index (χ0n) is 9.45. The van der Waals surface area contributed by atoms with Crippen molar-refractivity contribution in [2.45, 2.75) is 13.3 Å². The molecule has 1 heterocycles. The summed E-state index contributed by atoms with van der Waals surface area (Å²) >= 11 is 0. The standard InChI is InChI=1S/C12H13N3O2/c1-9(12(16)17)6-10-2-4-11(5-3-10)15-8-13-7-14-15/h2-5,7-9H,6H2,1H3,(H,16,17). The summed E-state index contributed by atoms with van der Waals surface area (Å²) in [6.45, 7) is 1.70. The number of aromatic nitrogens is 3. The number of carboxylic acid groups (broad SMARTS) is 1. The van der Waals surface area contributed by atoms with E-state index >= 15 is 0 Å². The van der Waals surface area contributed by atoms with Gasteiger partial charge in [-0.3, -0.25) is 4.79 Å². The van der Waals surface area contributed by atoms with E-state index in [4.69, 9.17) is 5.11 Å². The molecule has 17 heavy (non-hydrogen) atoms. The van der Waals surface area contributed by atoms with Crippen molar-refractivity contribution in [2.24, 2.45) is 5.92 Å². The van der Waals surface area contributed by atoms with Crippen molar-refractivity contribution in [3.63, 3.8) is 0 Å². The van der Waals surface area contributed by atoms with E-state index in [0.717, 1.165) is 11.3 Å². The average molecular weight is 231 g/mol. The summed E-state index contributed by atoms with van der Waals surface area (Å²) in [7, 11) is 0. The second-order valence-corrected chi connectivity index (χ2v) is 3.95. The Bertz CT molecular complexity index is 491. The molecule has 5 heteroatoms. The van der Waals surface area contributed by atoms with Crippen LogP contribution in [0.2, 0.25) is 0 Å². The van der Waals surface area contributed by atoms with Gasteiger partial charge in [0.25, 0.3) is 0 Å². The van der Waals surface area contributed by atoms with Crippen LogP contribution in [-0.4, -0.2) is 25.8 Å². The SMILES string of the molecule is CC(Cc1ccc(-n2cncn2)cc1)C(=O)O. The Hall–Kier alpha value is -2.17. The molecule has 2 rings (SSSR count). The van der Waals surface area contributed by atoms with Crippen LogP contribution >= 0.6 is 0 Å². The first-order valence-electron chi connectivity index (χ1n) is 5.33. The van der Waals surface area contributed by atoms with Crippen molar-refractivity contribution >= 4 is 5.97 Å². The number of aliphatic carboxylic acids is 1. The summed E-state index contributed by atoms with van der Waals surface area (Å²) < 4.78 is 1.66. The number of carbonyl (C=O) groups is 1. The van der Waals surface area contributed by atoms with Crippen LogP contribution in [-0.2, 0) is 11.2 Å². The molecule has 0 aliphatic carbocycles. The van der Waals surface area contributed by atoms with Crippen LogP contribution in [0, 0.1) is 5.92 Å². The number of hydrogen-bond acceptors (Lipinski definition) is 3. The van der Waals surface area contributed by atoms with Gasteiger partial charge in [0.2, 0.25) is 0 Å². The van der Waals surface area contributed by atoms with Crippen LogP contribution < -0.4 is 0 Å². The molecule has 88 valence electrons. The van der Waals surface area contributed by atoms with Crippen LogP contribution in [0.15, 0.2) is 36.9 Å². The monoisotopic (exact) mass is 231 g/mol. The topological polar surface area (TPSA) is 68.0 Å². The van der Waals surface area contributed by atoms with Gasteiger partial charge in [-0.2, -0.15) is 5.10 Å². The molecule has 0 amide bonds. The maximum Gasteiger partial charge on any atom is 0.306 e. The molecule has 0 spiro atoms. The lowest BCUT2D eigenvalue weighted by Gasteiger charge is -2.07. The third-order valence-electron chi connectivity index (χ3n) is 2.58. The van der Waals surface area contributed by atoms with Crippen LogP contribution in [0.3, 0.4) is 0 Å². The summed E-state index contributed by atoms with van der Waals surface area (Å²) in [6.07, 6.45) is 3.63. The largest absolute Gasteiger partial charge is 0.481 e. The summed E-state index contributed by atoms with van der Waals surface area (Å²) in [5.41, 5.74) is 1.91. The van der Waals surface area contributed by atoms with E-state index in [2.05, 4.69) is 10.1 Å². The molecule has 2 aromatic rings. The summed E-state index contributed by atoms with van der Waals surface area (Å²) in [5, 5.41) is 12.8. The van der Waals surface area contributed by atoms with E-state index in [0.29, 0.717) is 6.42 Å². The molecule has 0 aliphatic heterocycles. The number of hydrogen-bond donors (Lipinski definition) is 1. The first-order valence-corrected chi connectivity index (χ1v) is 5.33. The predicted molar refractivity (Wildman–Crippen MR) is 61.9 cm³/mol. The maximum absolute atomic E-state index is 10.7. The maximum atomic E-state index is 10.7. The Kier molecular flexibility index (Phi) is 3.18. The predicted octanol–water partition coefficient (Wildman–Crippen LogP) is 1.53. The zero-order valence-corrected chi connectivity index (χ0v) is 9.45. The highest BCUT2D eigenvalue weighted by Crippen LogP contribution is 2.12. The fourth-order valence-electron chi connectivity index (χ4n) is 1.57. The van der Waals surface area contributed by atoms with Gasteiger partial charge in [-0.25, -0.2) is 9.67 Å². The highest BCUT2D eigenvalue weighted by molar-refractivity contribution is 5.69. The van der Waals surface area contributed by atoms with Crippen molar-refractivity contribution in [3.8, 4) is 5.69 Å². The number of benzene rings is 1. The lowest BCUT2D eigenvalue weighted by molar-refractivity contribution is -0.141. The van der Waals surface area contributed by atoms with Gasteiger partial charge in [0.15, 0.2) is 0 Å². The Morgan fingerprint density at radius 3 is 2.65 bits per heavy atom. The van der Waals surface area contributed by atoms with Crippen LogP contribution in [0.1, 0.15) is 12.5 Å². The smallest absolute Gasteiger partial charge is 0.306 e. The van der Waals surface area contributed by atoms with E-state index < -0.39 is 5.97 Å². The third-order valence-corrected chi connectivity index (χ3v) is 2.58. The minimum atomic E-state index is -0.773. The Morgan fingerprint density at radius 1 is 1.41 bits per heavy atom. The Balaban J connectivity index is 2.11. The highest BCUT2D eigenvalue weighted by atomic mass is 16.4. The summed E-state index contributed by atoms with van der Waals surface area (Å²) in [5.74, 6) is -1.14. The third kappa shape index (κ3) is 2.69. The molecule has 0 fully saturated rings. The second-order valence-electron chi connectivity index (χ2n) is 3.95. The number of nitrogens with zero attached hydrogens (tertiary/aromatic N) is 3. The van der Waals surface area contributed by atoms with E-state index in [1.54, 1.807) is 17.9 Å². The fraction of sp³-hybridized carbons (Fsp3) is 0.250. The van der Waals surface area contributed by atoms with Crippen molar-refractivity contribution in [3.05, 3.63) is 42.5 Å². The number of carboxylic acids is 1. The molecule has 0 aliphatic rings. The summed E-state index contributed by atoms with van der Waals surface area (Å²) in [6, 6.07) is 7.63. The second kappa shape index (κ2) is 4.78. The van der Waals surface area contributed by atoms with Crippen molar-refractivity contribution < 1.29 is 9.90 Å². The van der Waals surface area contributed by atoms with Gasteiger partial charge < -0.3 is 5.11 Å². The molecule has 1 aromatic carbocycles. The van der Waals surface area contributed by atoms with Crippen molar-refractivity contribution in [1.29, 1.82) is 0 Å². The van der Waals surface area contributed by atoms with Gasteiger partial charge in [0.1, 0.15) is 12.7 Å². The fourth-order valence-corrected chi connectivity index (χ4v) is 1.57. The molecule has 0 bridgehead atoms. The van der Waals surface area contributed by atoms with Gasteiger partial charge in [0.05, 0.1) is 11.6 Å². The first kappa shape index (κ1) is 11.3. The van der Waals surface area contributed by atoms with E-state index in [1.807, 2.05) is 24.3 Å². The minimum absolute atomic E-state index is 0.368. The van der Waals surface area contributed by atoms with Gasteiger partial charge >= 0.3 is 5.97 Å². The van der Waals surface area contributed by atoms with Gasteiger partial charge in [-0.05, 0) is 24.1 Å². The molecule has 1 atom stereocenters. The van der Waals surface area contributed by atoms with Gasteiger partial charge in [-0.15, -0.1) is 0 Å². The molecule has 1 aromatic heterocycles. The minimum Gasteiger partial charge on any atom is -0.481 e. The van der Waals surface area contributed by atoms with Crippen LogP contribution in [0.25, 0.3) is 5.69 Å². The lowest BCUT2D eigenvalue weighted by atomic mass is 10.0. The van der Waals surface area contributed by atoms with Crippen LogP contribution in [0.5, 0.6) is 0 Å². The normalized spacial score (nSPS) is 12.3. The molecule has 0 saturated heterocycles. The molecular weight excluding hydrogens is 218 g/mol. The average Bonchev–Trinajstić information content (AvgIpc) is 2.83. The lowest BCUT2D eigenvalue weighted by Crippen LogP contribution is -2.12. The van der Waals surface area contributed by atoms with Crippen molar-refractivity contribution in [2.75, 3.05) is 0 Å². The molecule has 0 saturated carbocycles. The molecular formula is C12H13N3O2. The van der Waals surface area contributed by atoms with Crippen molar-refractivity contribution in [1.82, 2.24) is 14.8 Å². The highest BCUT2D eigenvalue weighted by Gasteiger charge is 2.11. The summed E-state index contributed by atoms with van der Waals surface area (Å²) in [4.78, 5) is 14.6. The van der Waals surface area contributed by atoms with E-state index in [-0.39, 0.29) is 5.92 Å². The first-order chi connectivity index (χ1) is 8.16. The van der Waals surface area contributed by atoms with Crippen LogP contribution in [0.4, 0.5) is 0 Å². The van der Waals surface area contributed by atoms with E-state index in [1.165, 1.54) is 6.33 Å². The molecule has 5 nitrogen and oxygen atoms in total. The Labute approximate surface area is 98.7 Å². The zero-order chi connectivity index (χ0) is 12.3.